The molecule has 0 aliphatic carbocycles. The van der Waals surface area contributed by atoms with Gasteiger partial charge in [0.2, 0.25) is 0 Å². The Hall–Kier alpha value is -4.57. The largest absolute Gasteiger partial charge is 0.493 e. The smallest absolute Gasteiger partial charge is 0.329 e. The molecule has 0 aliphatic rings. The minimum absolute atomic E-state index is 0.224. The highest BCUT2D eigenvalue weighted by atomic mass is 35.5. The Bertz CT molecular complexity index is 1410. The summed E-state index contributed by atoms with van der Waals surface area (Å²) in [6, 6.07) is 15.9. The van der Waals surface area contributed by atoms with Crippen molar-refractivity contribution < 1.29 is 28.6 Å². The summed E-state index contributed by atoms with van der Waals surface area (Å²) >= 11 is 6.09. The number of methoxy groups -OCH3 is 2. The van der Waals surface area contributed by atoms with Crippen LogP contribution in [0.1, 0.15) is 22.3 Å². The minimum Gasteiger partial charge on any atom is -0.493 e. The predicted molar refractivity (Wildman–Crippen MR) is 153 cm³/mol. The third kappa shape index (κ3) is 8.74. The Balaban J connectivity index is 1.51. The summed E-state index contributed by atoms with van der Waals surface area (Å²) in [5.41, 5.74) is 6.13. The van der Waals surface area contributed by atoms with Crippen molar-refractivity contribution >= 4 is 41.2 Å². The van der Waals surface area contributed by atoms with E-state index >= 15 is 0 Å². The van der Waals surface area contributed by atoms with Gasteiger partial charge in [0.25, 0.3) is 5.91 Å². The van der Waals surface area contributed by atoms with Crippen LogP contribution in [-0.2, 0) is 20.8 Å². The van der Waals surface area contributed by atoms with Crippen molar-refractivity contribution in [2.24, 2.45) is 5.10 Å². The lowest BCUT2D eigenvalue weighted by Gasteiger charge is -2.12. The molecular weight excluding hydrogens is 536 g/mol. The molecule has 0 bridgehead atoms. The molecule has 0 spiro atoms. The van der Waals surface area contributed by atoms with Crippen LogP contribution in [0.25, 0.3) is 0 Å². The number of benzene rings is 3. The normalized spacial score (nSPS) is 10.6. The maximum Gasteiger partial charge on any atom is 0.329 e. The Morgan fingerprint density at radius 3 is 2.40 bits per heavy atom. The number of nitrogens with one attached hydrogen (secondary N) is 3. The Labute approximate surface area is 237 Å². The van der Waals surface area contributed by atoms with Crippen molar-refractivity contribution in [3.63, 3.8) is 0 Å². The highest BCUT2D eigenvalue weighted by molar-refractivity contribution is 6.35. The maximum absolute atomic E-state index is 12.4. The fourth-order valence-corrected chi connectivity index (χ4v) is 3.78. The number of hydrogen-bond donors (Lipinski definition) is 3. The van der Waals surface area contributed by atoms with Gasteiger partial charge in [-0.05, 0) is 73.4 Å². The Morgan fingerprint density at radius 1 is 0.900 bits per heavy atom. The second kappa shape index (κ2) is 14.5. The van der Waals surface area contributed by atoms with E-state index in [9.17, 15) is 14.4 Å². The highest BCUT2D eigenvalue weighted by Gasteiger charge is 2.13. The molecule has 0 aromatic heterocycles. The molecule has 0 fully saturated rings. The van der Waals surface area contributed by atoms with Crippen LogP contribution < -0.4 is 30.3 Å². The van der Waals surface area contributed by atoms with Crippen molar-refractivity contribution in [3.8, 4) is 17.2 Å². The maximum atomic E-state index is 12.4. The number of aryl methyl sites for hydroxylation is 2. The predicted octanol–water partition coefficient (Wildman–Crippen LogP) is 3.80. The summed E-state index contributed by atoms with van der Waals surface area (Å²) in [5.74, 6) is -0.641. The fraction of sp³-hybridized carbons (Fsp3) is 0.241. The van der Waals surface area contributed by atoms with Gasteiger partial charge in [-0.3, -0.25) is 14.4 Å². The third-order valence-corrected chi connectivity index (χ3v) is 5.96. The van der Waals surface area contributed by atoms with Gasteiger partial charge in [-0.1, -0.05) is 29.8 Å². The summed E-state index contributed by atoms with van der Waals surface area (Å²) in [5, 5.41) is 9.59. The first-order valence-corrected chi connectivity index (χ1v) is 12.7. The van der Waals surface area contributed by atoms with Crippen LogP contribution in [0.5, 0.6) is 17.2 Å². The Kier molecular flexibility index (Phi) is 10.9. The van der Waals surface area contributed by atoms with Crippen LogP contribution in [0.2, 0.25) is 5.02 Å². The summed E-state index contributed by atoms with van der Waals surface area (Å²) in [4.78, 5) is 36.8. The molecule has 0 unspecified atom stereocenters. The van der Waals surface area contributed by atoms with E-state index in [1.165, 1.54) is 13.3 Å². The number of carbonyl (C=O) groups is 3. The van der Waals surface area contributed by atoms with Gasteiger partial charge in [0, 0.05) is 22.8 Å². The molecule has 0 saturated heterocycles. The monoisotopic (exact) mass is 566 g/mol. The minimum atomic E-state index is -0.944. The zero-order chi connectivity index (χ0) is 29.1. The molecule has 3 amide bonds. The van der Waals surface area contributed by atoms with Crippen molar-refractivity contribution in [2.75, 3.05) is 32.7 Å². The number of ether oxygens (including phenoxy) is 3. The number of anilines is 1. The van der Waals surface area contributed by atoms with E-state index in [4.69, 9.17) is 25.8 Å². The van der Waals surface area contributed by atoms with Gasteiger partial charge >= 0.3 is 11.8 Å². The van der Waals surface area contributed by atoms with E-state index in [-0.39, 0.29) is 19.1 Å². The lowest BCUT2D eigenvalue weighted by molar-refractivity contribution is -0.139. The van der Waals surface area contributed by atoms with Crippen LogP contribution >= 0.6 is 11.6 Å². The first-order chi connectivity index (χ1) is 19.2. The highest BCUT2D eigenvalue weighted by Crippen LogP contribution is 2.27. The molecule has 0 saturated carbocycles. The van der Waals surface area contributed by atoms with E-state index in [2.05, 4.69) is 21.2 Å². The van der Waals surface area contributed by atoms with Crippen molar-refractivity contribution in [1.29, 1.82) is 0 Å². The van der Waals surface area contributed by atoms with Crippen molar-refractivity contribution in [2.45, 2.75) is 20.3 Å². The summed E-state index contributed by atoms with van der Waals surface area (Å²) in [6.07, 6.45) is 1.75. The molecule has 10 nitrogen and oxygen atoms in total. The second-order valence-electron chi connectivity index (χ2n) is 8.73. The molecule has 210 valence electrons. The molecule has 3 aromatic rings. The first-order valence-electron chi connectivity index (χ1n) is 12.3. The molecule has 0 heterocycles. The quantitative estimate of drug-likeness (QED) is 0.184. The molecule has 40 heavy (non-hydrogen) atoms. The van der Waals surface area contributed by atoms with E-state index in [1.54, 1.807) is 37.4 Å². The van der Waals surface area contributed by atoms with E-state index in [0.717, 1.165) is 16.7 Å². The molecule has 3 aromatic carbocycles. The number of nitrogens with zero attached hydrogens (tertiary/aromatic N) is 1. The van der Waals surface area contributed by atoms with Crippen LogP contribution in [0.3, 0.4) is 0 Å². The van der Waals surface area contributed by atoms with Gasteiger partial charge in [0.15, 0.2) is 18.1 Å². The van der Waals surface area contributed by atoms with Gasteiger partial charge in [-0.2, -0.15) is 5.10 Å². The number of hydrogen-bond acceptors (Lipinski definition) is 7. The van der Waals surface area contributed by atoms with Gasteiger partial charge in [0.1, 0.15) is 5.75 Å². The van der Waals surface area contributed by atoms with Gasteiger partial charge < -0.3 is 24.8 Å². The van der Waals surface area contributed by atoms with E-state index in [0.29, 0.717) is 39.9 Å². The fourth-order valence-electron chi connectivity index (χ4n) is 3.60. The van der Waals surface area contributed by atoms with Crippen LogP contribution in [0, 0.1) is 13.8 Å². The van der Waals surface area contributed by atoms with E-state index in [1.807, 2.05) is 38.1 Å². The zero-order valence-electron chi connectivity index (χ0n) is 22.7. The number of halogens is 1. The van der Waals surface area contributed by atoms with E-state index < -0.39 is 11.8 Å². The molecule has 0 aliphatic heterocycles. The zero-order valence-corrected chi connectivity index (χ0v) is 23.4. The summed E-state index contributed by atoms with van der Waals surface area (Å²) in [6.45, 7) is 3.80. The topological polar surface area (TPSA) is 127 Å². The molecule has 0 atom stereocenters. The molecule has 11 heteroatoms. The lowest BCUT2D eigenvalue weighted by atomic mass is 10.1. The molecule has 3 N–H and O–H groups in total. The molecule has 3 rings (SSSR count). The second-order valence-corrected chi connectivity index (χ2v) is 9.17. The summed E-state index contributed by atoms with van der Waals surface area (Å²) < 4.78 is 16.1. The molecule has 0 radical (unpaired) electrons. The average molecular weight is 567 g/mol. The van der Waals surface area contributed by atoms with Gasteiger partial charge in [0.05, 0.1) is 20.4 Å². The van der Waals surface area contributed by atoms with Crippen molar-refractivity contribution in [3.05, 3.63) is 81.9 Å². The summed E-state index contributed by atoms with van der Waals surface area (Å²) in [7, 11) is 3.09. The first kappa shape index (κ1) is 30.0. The molecular formula is C29H31ClN4O6. The number of carbonyl (C=O) groups excluding carboxylic acids is 3. The number of amides is 3. The van der Waals surface area contributed by atoms with Crippen LogP contribution in [0.4, 0.5) is 5.69 Å². The Morgan fingerprint density at radius 2 is 1.65 bits per heavy atom. The van der Waals surface area contributed by atoms with Crippen molar-refractivity contribution in [1.82, 2.24) is 10.7 Å². The number of hydrazone groups is 1. The number of rotatable bonds is 11. The van der Waals surface area contributed by atoms with Gasteiger partial charge in [-0.25, -0.2) is 5.43 Å². The standard InChI is InChI=1S/C29H31ClN4O6/c1-18-5-6-19(2)23(13-18)33-27(35)17-40-24-10-8-22(30)15-21(24)16-32-34-29(37)28(36)31-12-11-20-7-9-25(38-3)26(14-20)39-4/h5-10,13-16H,11-12,17H2,1-4H3,(H,31,36)(H,33,35)(H,34,37)/b32-16-. The lowest BCUT2D eigenvalue weighted by Crippen LogP contribution is -2.38. The van der Waals surface area contributed by atoms with Crippen LogP contribution in [-0.4, -0.2) is 51.3 Å². The SMILES string of the molecule is COc1ccc(CCNC(=O)C(=O)N/N=C\c2cc(Cl)ccc2OCC(=O)Nc2cc(C)ccc2C)cc1OC. The van der Waals surface area contributed by atoms with Crippen LogP contribution in [0.15, 0.2) is 59.7 Å². The third-order valence-electron chi connectivity index (χ3n) is 5.72. The van der Waals surface area contributed by atoms with Gasteiger partial charge in [-0.15, -0.1) is 0 Å². The average Bonchev–Trinajstić information content (AvgIpc) is 2.94.